The number of oxime groups is 1. The summed E-state index contributed by atoms with van der Waals surface area (Å²) in [5.41, 5.74) is 0.876. The minimum Gasteiger partial charge on any atom is -0.412 e. The third-order valence-electron chi connectivity index (χ3n) is 1.62. The first-order chi connectivity index (χ1) is 6.15. The Kier molecular flexibility index (Phi) is 4.24. The van der Waals surface area contributed by atoms with E-state index in [0.29, 0.717) is 11.3 Å². The van der Waals surface area contributed by atoms with Crippen LogP contribution in [0.4, 0.5) is 5.69 Å². The van der Waals surface area contributed by atoms with Crippen molar-refractivity contribution in [2.24, 2.45) is 5.16 Å². The van der Waals surface area contributed by atoms with Crippen molar-refractivity contribution >= 4 is 11.4 Å². The average Bonchev–Trinajstić information content (AvgIpc) is 2.17. The second-order valence-electron chi connectivity index (χ2n) is 2.49. The maximum Gasteiger partial charge on any atom is 0.270 e. The summed E-state index contributed by atoms with van der Waals surface area (Å²) in [5.74, 6) is 0. The van der Waals surface area contributed by atoms with Crippen LogP contribution in [0, 0.1) is 10.1 Å². The van der Waals surface area contributed by atoms with Gasteiger partial charge in [-0.05, 0) is 6.92 Å². The number of rotatable bonds is 2. The lowest BCUT2D eigenvalue weighted by Crippen LogP contribution is -1.96. The van der Waals surface area contributed by atoms with Gasteiger partial charge in [-0.2, -0.15) is 0 Å². The van der Waals surface area contributed by atoms with Crippen molar-refractivity contribution in [1.29, 1.82) is 0 Å². The van der Waals surface area contributed by atoms with Crippen LogP contribution in [0.3, 0.4) is 0 Å². The van der Waals surface area contributed by atoms with Crippen LogP contribution in [0.25, 0.3) is 0 Å². The van der Waals surface area contributed by atoms with Crippen LogP contribution in [-0.2, 0) is 0 Å². The highest BCUT2D eigenvalue weighted by Crippen LogP contribution is 2.13. The zero-order valence-corrected chi connectivity index (χ0v) is 7.47. The molecule has 0 saturated carbocycles. The van der Waals surface area contributed by atoms with Crippen molar-refractivity contribution in [1.82, 2.24) is 0 Å². The van der Waals surface area contributed by atoms with Crippen molar-refractivity contribution in [3.63, 3.8) is 0 Å². The lowest BCUT2D eigenvalue weighted by atomic mass is 10.1. The molecule has 0 saturated heterocycles. The zero-order chi connectivity index (χ0) is 9.84. The van der Waals surface area contributed by atoms with E-state index < -0.39 is 4.92 Å². The fourth-order valence-corrected chi connectivity index (χ4v) is 0.902. The van der Waals surface area contributed by atoms with Crippen LogP contribution in [0.15, 0.2) is 29.4 Å². The third kappa shape index (κ3) is 2.53. The second kappa shape index (κ2) is 4.93. The highest BCUT2D eigenvalue weighted by molar-refractivity contribution is 5.98. The van der Waals surface area contributed by atoms with Gasteiger partial charge in [0.15, 0.2) is 0 Å². The lowest BCUT2D eigenvalue weighted by Gasteiger charge is -1.97. The van der Waals surface area contributed by atoms with E-state index in [-0.39, 0.29) is 11.2 Å². The van der Waals surface area contributed by atoms with E-state index in [9.17, 15) is 10.1 Å². The fraction of sp³-hybridized carbons (Fsp3) is 0.125. The van der Waals surface area contributed by atoms with E-state index in [1.54, 1.807) is 19.1 Å². The summed E-state index contributed by atoms with van der Waals surface area (Å²) in [6, 6.07) is 5.92. The van der Waals surface area contributed by atoms with Gasteiger partial charge in [-0.1, -0.05) is 17.3 Å². The Morgan fingerprint density at radius 2 is 2.21 bits per heavy atom. The average molecular weight is 198 g/mol. The quantitative estimate of drug-likeness (QED) is 0.331. The molecule has 0 amide bonds. The van der Waals surface area contributed by atoms with Gasteiger partial charge in [-0.3, -0.25) is 10.1 Å². The zero-order valence-electron chi connectivity index (χ0n) is 7.47. The molecule has 0 aliphatic heterocycles. The summed E-state index contributed by atoms with van der Waals surface area (Å²) >= 11 is 0. The summed E-state index contributed by atoms with van der Waals surface area (Å²) < 4.78 is 0. The third-order valence-corrected chi connectivity index (χ3v) is 1.62. The predicted molar refractivity (Wildman–Crippen MR) is 50.7 cm³/mol. The molecule has 0 aliphatic rings. The molecule has 3 N–H and O–H groups in total. The molecule has 0 bridgehead atoms. The van der Waals surface area contributed by atoms with Crippen molar-refractivity contribution in [2.45, 2.75) is 6.92 Å². The molecule has 0 atom stereocenters. The van der Waals surface area contributed by atoms with Gasteiger partial charge in [0.25, 0.3) is 5.69 Å². The van der Waals surface area contributed by atoms with Gasteiger partial charge in [0, 0.05) is 17.7 Å². The fourth-order valence-electron chi connectivity index (χ4n) is 0.902. The number of hydrogen-bond acceptors (Lipinski definition) is 4. The maximum atomic E-state index is 10.4. The van der Waals surface area contributed by atoms with Gasteiger partial charge < -0.3 is 10.7 Å². The summed E-state index contributed by atoms with van der Waals surface area (Å²) in [6.45, 7) is 1.57. The van der Waals surface area contributed by atoms with Gasteiger partial charge in [0.05, 0.1) is 10.6 Å². The first-order valence-corrected chi connectivity index (χ1v) is 3.58. The number of nitro groups is 1. The normalized spacial score (nSPS) is 10.5. The molecule has 14 heavy (non-hydrogen) atoms. The van der Waals surface area contributed by atoms with Gasteiger partial charge in [0.1, 0.15) is 0 Å². The van der Waals surface area contributed by atoms with Crippen molar-refractivity contribution < 1.29 is 15.6 Å². The Morgan fingerprint density at radius 3 is 2.71 bits per heavy atom. The summed E-state index contributed by atoms with van der Waals surface area (Å²) in [7, 11) is 0. The molecule has 0 aliphatic carbocycles. The van der Waals surface area contributed by atoms with Crippen LogP contribution in [0.2, 0.25) is 0 Å². The number of nitrogens with zero attached hydrogens (tertiary/aromatic N) is 2. The number of hydrogen-bond donors (Lipinski definition) is 1. The first kappa shape index (κ1) is 12.0. The topological polar surface area (TPSA) is 107 Å². The van der Waals surface area contributed by atoms with E-state index in [4.69, 9.17) is 5.21 Å². The van der Waals surface area contributed by atoms with Crippen LogP contribution in [0.1, 0.15) is 12.5 Å². The highest BCUT2D eigenvalue weighted by atomic mass is 16.6. The van der Waals surface area contributed by atoms with E-state index >= 15 is 0 Å². The van der Waals surface area contributed by atoms with Gasteiger partial charge in [-0.25, -0.2) is 0 Å². The molecule has 0 heterocycles. The smallest absolute Gasteiger partial charge is 0.270 e. The Bertz CT molecular complexity index is 362. The molecule has 0 unspecified atom stereocenters. The molecular formula is C8H10N2O4. The summed E-state index contributed by atoms with van der Waals surface area (Å²) in [4.78, 5) is 9.88. The Balaban J connectivity index is 0.00000169. The number of benzene rings is 1. The molecule has 0 radical (unpaired) electrons. The molecule has 6 nitrogen and oxygen atoms in total. The first-order valence-electron chi connectivity index (χ1n) is 3.58. The monoisotopic (exact) mass is 198 g/mol. The van der Waals surface area contributed by atoms with Gasteiger partial charge in [0.2, 0.25) is 0 Å². The van der Waals surface area contributed by atoms with E-state index in [1.807, 2.05) is 0 Å². The van der Waals surface area contributed by atoms with Crippen LogP contribution < -0.4 is 0 Å². The molecule has 76 valence electrons. The lowest BCUT2D eigenvalue weighted by molar-refractivity contribution is -0.384. The van der Waals surface area contributed by atoms with E-state index in [2.05, 4.69) is 5.16 Å². The van der Waals surface area contributed by atoms with Crippen LogP contribution >= 0.6 is 0 Å². The molecule has 1 rings (SSSR count). The Morgan fingerprint density at radius 1 is 1.57 bits per heavy atom. The largest absolute Gasteiger partial charge is 0.412 e. The second-order valence-corrected chi connectivity index (χ2v) is 2.49. The van der Waals surface area contributed by atoms with Crippen molar-refractivity contribution in [2.75, 3.05) is 0 Å². The van der Waals surface area contributed by atoms with Crippen molar-refractivity contribution in [3.8, 4) is 0 Å². The predicted octanol–water partition coefficient (Wildman–Crippen LogP) is 0.968. The van der Waals surface area contributed by atoms with E-state index in [1.165, 1.54) is 12.1 Å². The van der Waals surface area contributed by atoms with Crippen LogP contribution in [0.5, 0.6) is 0 Å². The Labute approximate surface area is 79.9 Å². The van der Waals surface area contributed by atoms with E-state index in [0.717, 1.165) is 0 Å². The standard InChI is InChI=1S/C8H8N2O3.H2O/c1-6(9-11)7-3-2-4-8(5-7)10(12)13;/h2-5,11H,1H3;1H2. The molecular weight excluding hydrogens is 188 g/mol. The molecule has 6 heteroatoms. The molecule has 1 aromatic rings. The molecule has 0 fully saturated rings. The number of non-ortho nitro benzene ring substituents is 1. The highest BCUT2D eigenvalue weighted by Gasteiger charge is 2.06. The SMILES string of the molecule is CC(=NO)c1cccc([N+](=O)[O-])c1.O. The molecule has 0 spiro atoms. The minimum atomic E-state index is -0.492. The Hall–Kier alpha value is -1.95. The van der Waals surface area contributed by atoms with Crippen molar-refractivity contribution in [3.05, 3.63) is 39.9 Å². The molecule has 0 aromatic heterocycles. The maximum absolute atomic E-state index is 10.4. The summed E-state index contributed by atoms with van der Waals surface area (Å²) in [6.07, 6.45) is 0. The van der Waals surface area contributed by atoms with Gasteiger partial charge in [-0.15, -0.1) is 0 Å². The van der Waals surface area contributed by atoms with Gasteiger partial charge >= 0.3 is 0 Å². The van der Waals surface area contributed by atoms with Crippen LogP contribution in [-0.4, -0.2) is 21.3 Å². The minimum absolute atomic E-state index is 0. The number of nitro benzene ring substituents is 1. The summed E-state index contributed by atoms with van der Waals surface area (Å²) in [5, 5.41) is 21.8. The molecule has 1 aromatic carbocycles.